The van der Waals surface area contributed by atoms with Crippen LogP contribution in [0.1, 0.15) is 13.3 Å². The van der Waals surface area contributed by atoms with Crippen LogP contribution in [-0.4, -0.2) is 21.6 Å². The summed E-state index contributed by atoms with van der Waals surface area (Å²) in [5.74, 6) is -0.342. The van der Waals surface area contributed by atoms with Gasteiger partial charge >= 0.3 is 0 Å². The van der Waals surface area contributed by atoms with Crippen molar-refractivity contribution in [1.29, 1.82) is 0 Å². The minimum Gasteiger partial charge on any atom is -0.399 e. The molecular weight excluding hydrogens is 394 g/mol. The highest BCUT2D eigenvalue weighted by Gasteiger charge is 2.40. The standard InChI is InChI=1S/C24H21N3O2S/c1-2-26-20-9-4-3-8-18(20)19-13-16(10-11-21(19)26)27-23(28)14-22(24(27)29)30-17-7-5-6-15(25)12-17/h3-13,22H,2,14,25H2,1H3. The van der Waals surface area contributed by atoms with Crippen LogP contribution in [-0.2, 0) is 16.1 Å². The number of imide groups is 1. The van der Waals surface area contributed by atoms with Crippen molar-refractivity contribution in [3.8, 4) is 0 Å². The summed E-state index contributed by atoms with van der Waals surface area (Å²) in [4.78, 5) is 28.1. The van der Waals surface area contributed by atoms with Gasteiger partial charge in [-0.3, -0.25) is 9.59 Å². The molecule has 2 amide bonds. The first-order valence-electron chi connectivity index (χ1n) is 9.97. The predicted octanol–water partition coefficient (Wildman–Crippen LogP) is 4.82. The molecule has 2 heterocycles. The average Bonchev–Trinajstić information content (AvgIpc) is 3.21. The summed E-state index contributed by atoms with van der Waals surface area (Å²) in [6.45, 7) is 2.97. The predicted molar refractivity (Wildman–Crippen MR) is 123 cm³/mol. The molecule has 2 N–H and O–H groups in total. The van der Waals surface area contributed by atoms with Crippen molar-refractivity contribution in [2.45, 2.75) is 30.0 Å². The number of aromatic nitrogens is 1. The fourth-order valence-electron chi connectivity index (χ4n) is 4.24. The number of hydrogen-bond donors (Lipinski definition) is 1. The molecule has 1 fully saturated rings. The van der Waals surface area contributed by atoms with E-state index in [2.05, 4.69) is 23.6 Å². The number of amides is 2. The van der Waals surface area contributed by atoms with Crippen molar-refractivity contribution in [2.75, 3.05) is 10.6 Å². The average molecular weight is 416 g/mol. The van der Waals surface area contributed by atoms with Crippen molar-refractivity contribution in [2.24, 2.45) is 0 Å². The van der Waals surface area contributed by atoms with Crippen molar-refractivity contribution < 1.29 is 9.59 Å². The molecule has 3 aromatic carbocycles. The molecule has 6 heteroatoms. The van der Waals surface area contributed by atoms with E-state index in [9.17, 15) is 9.59 Å². The molecule has 5 rings (SSSR count). The Balaban J connectivity index is 1.52. The van der Waals surface area contributed by atoms with Crippen molar-refractivity contribution in [3.05, 3.63) is 66.7 Å². The van der Waals surface area contributed by atoms with Gasteiger partial charge in [0.2, 0.25) is 11.8 Å². The lowest BCUT2D eigenvalue weighted by Gasteiger charge is -2.15. The van der Waals surface area contributed by atoms with Gasteiger partial charge in [-0.1, -0.05) is 24.3 Å². The number of thioether (sulfide) groups is 1. The molecule has 150 valence electrons. The fraction of sp³-hybridized carbons (Fsp3) is 0.167. The molecule has 1 aliphatic rings. The Morgan fingerprint density at radius 1 is 0.967 bits per heavy atom. The second kappa shape index (κ2) is 7.22. The maximum atomic E-state index is 13.1. The third kappa shape index (κ3) is 2.95. The number of nitrogens with two attached hydrogens (primary N) is 1. The first-order valence-corrected chi connectivity index (χ1v) is 10.8. The zero-order chi connectivity index (χ0) is 20.8. The summed E-state index contributed by atoms with van der Waals surface area (Å²) < 4.78 is 2.25. The Bertz CT molecular complexity index is 1310. The molecule has 0 aliphatic carbocycles. The molecule has 0 bridgehead atoms. The third-order valence-corrected chi connectivity index (χ3v) is 6.75. The van der Waals surface area contributed by atoms with E-state index in [1.165, 1.54) is 16.7 Å². The van der Waals surface area contributed by atoms with Crippen LogP contribution >= 0.6 is 11.8 Å². The SMILES string of the molecule is CCn1c2ccccc2c2cc(N3C(=O)CC(Sc4cccc(N)c4)C3=O)ccc21. The van der Waals surface area contributed by atoms with E-state index >= 15 is 0 Å². The molecule has 5 nitrogen and oxygen atoms in total. The number of carbonyl (C=O) groups is 2. The molecule has 1 aromatic heterocycles. The molecular formula is C24H21N3O2S. The molecule has 1 atom stereocenters. The lowest BCUT2D eigenvalue weighted by Crippen LogP contribution is -2.31. The summed E-state index contributed by atoms with van der Waals surface area (Å²) in [6, 6.07) is 21.5. The maximum Gasteiger partial charge on any atom is 0.247 e. The first kappa shape index (κ1) is 18.8. The third-order valence-electron chi connectivity index (χ3n) is 5.57. The molecule has 0 radical (unpaired) electrons. The highest BCUT2D eigenvalue weighted by Crippen LogP contribution is 2.37. The van der Waals surface area contributed by atoms with Crippen LogP contribution in [0.5, 0.6) is 0 Å². The smallest absolute Gasteiger partial charge is 0.247 e. The van der Waals surface area contributed by atoms with E-state index in [4.69, 9.17) is 5.73 Å². The van der Waals surface area contributed by atoms with E-state index < -0.39 is 5.25 Å². The first-order chi connectivity index (χ1) is 14.6. The highest BCUT2D eigenvalue weighted by atomic mass is 32.2. The van der Waals surface area contributed by atoms with Gasteiger partial charge in [-0.15, -0.1) is 11.8 Å². The zero-order valence-electron chi connectivity index (χ0n) is 16.5. The van der Waals surface area contributed by atoms with E-state index in [1.807, 2.05) is 48.5 Å². The number of fused-ring (bicyclic) bond motifs is 3. The number of para-hydroxylation sites is 1. The Labute approximate surface area is 178 Å². The summed E-state index contributed by atoms with van der Waals surface area (Å²) in [7, 11) is 0. The van der Waals surface area contributed by atoms with E-state index in [0.29, 0.717) is 11.4 Å². The normalized spacial score (nSPS) is 16.8. The second-order valence-corrected chi connectivity index (χ2v) is 8.69. The highest BCUT2D eigenvalue weighted by molar-refractivity contribution is 8.00. The minimum atomic E-state index is -0.438. The molecule has 0 saturated carbocycles. The Kier molecular flexibility index (Phi) is 4.51. The number of nitrogens with zero attached hydrogens (tertiary/aromatic N) is 2. The molecule has 30 heavy (non-hydrogen) atoms. The topological polar surface area (TPSA) is 68.3 Å². The van der Waals surface area contributed by atoms with Gasteiger partial charge in [0, 0.05) is 45.4 Å². The van der Waals surface area contributed by atoms with Gasteiger partial charge in [-0.25, -0.2) is 4.90 Å². The number of hydrogen-bond acceptors (Lipinski definition) is 4. The molecule has 0 spiro atoms. The number of rotatable bonds is 4. The molecule has 1 saturated heterocycles. The summed E-state index contributed by atoms with van der Waals surface area (Å²) >= 11 is 1.39. The Morgan fingerprint density at radius 3 is 2.57 bits per heavy atom. The minimum absolute atomic E-state index is 0.167. The summed E-state index contributed by atoms with van der Waals surface area (Å²) in [5, 5.41) is 1.74. The number of carbonyl (C=O) groups excluding carboxylic acids is 2. The Hall–Kier alpha value is -3.25. The van der Waals surface area contributed by atoms with Crippen LogP contribution in [0.25, 0.3) is 21.8 Å². The van der Waals surface area contributed by atoms with Gasteiger partial charge in [0.05, 0.1) is 10.9 Å². The van der Waals surface area contributed by atoms with E-state index in [0.717, 1.165) is 33.2 Å². The van der Waals surface area contributed by atoms with Crippen LogP contribution in [0.4, 0.5) is 11.4 Å². The van der Waals surface area contributed by atoms with Crippen molar-refractivity contribution in [1.82, 2.24) is 4.57 Å². The summed E-state index contributed by atoms with van der Waals surface area (Å²) in [6.07, 6.45) is 0.188. The molecule has 1 unspecified atom stereocenters. The van der Waals surface area contributed by atoms with E-state index in [-0.39, 0.29) is 18.2 Å². The lowest BCUT2D eigenvalue weighted by atomic mass is 10.1. The van der Waals surface area contributed by atoms with Crippen LogP contribution in [0, 0.1) is 0 Å². The monoisotopic (exact) mass is 415 g/mol. The largest absolute Gasteiger partial charge is 0.399 e. The quantitative estimate of drug-likeness (QED) is 0.383. The number of anilines is 2. The maximum absolute atomic E-state index is 13.1. The van der Waals surface area contributed by atoms with Gasteiger partial charge in [0.25, 0.3) is 0 Å². The van der Waals surface area contributed by atoms with Gasteiger partial charge < -0.3 is 10.3 Å². The molecule has 4 aromatic rings. The number of benzene rings is 3. The van der Waals surface area contributed by atoms with Gasteiger partial charge in [0.15, 0.2) is 0 Å². The van der Waals surface area contributed by atoms with Crippen molar-refractivity contribution in [3.63, 3.8) is 0 Å². The fourth-order valence-corrected chi connectivity index (χ4v) is 5.36. The number of nitrogen functional groups attached to an aromatic ring is 1. The lowest BCUT2D eigenvalue weighted by molar-refractivity contribution is -0.121. The Morgan fingerprint density at radius 2 is 1.77 bits per heavy atom. The van der Waals surface area contributed by atoms with Gasteiger partial charge in [0.1, 0.15) is 0 Å². The summed E-state index contributed by atoms with van der Waals surface area (Å²) in [5.41, 5.74) is 9.38. The van der Waals surface area contributed by atoms with Crippen molar-refractivity contribution >= 4 is 56.8 Å². The van der Waals surface area contributed by atoms with Crippen LogP contribution in [0.15, 0.2) is 71.6 Å². The zero-order valence-corrected chi connectivity index (χ0v) is 17.4. The van der Waals surface area contributed by atoms with Gasteiger partial charge in [-0.2, -0.15) is 0 Å². The van der Waals surface area contributed by atoms with Crippen LogP contribution < -0.4 is 10.6 Å². The number of aryl methyl sites for hydroxylation is 1. The molecule has 1 aliphatic heterocycles. The van der Waals surface area contributed by atoms with Crippen LogP contribution in [0.3, 0.4) is 0 Å². The second-order valence-electron chi connectivity index (χ2n) is 7.41. The van der Waals surface area contributed by atoms with Crippen LogP contribution in [0.2, 0.25) is 0 Å². The van der Waals surface area contributed by atoms with E-state index in [1.54, 1.807) is 6.07 Å². The van der Waals surface area contributed by atoms with Gasteiger partial charge in [-0.05, 0) is 49.4 Å².